The third-order valence-electron chi connectivity index (χ3n) is 2.63. The minimum atomic E-state index is 0.0486. The van der Waals surface area contributed by atoms with Gasteiger partial charge in [-0.05, 0) is 23.6 Å². The van der Waals surface area contributed by atoms with Gasteiger partial charge in [0.2, 0.25) is 5.89 Å². The molecule has 0 radical (unpaired) electrons. The van der Waals surface area contributed by atoms with Crippen LogP contribution in [0.4, 0.5) is 0 Å². The lowest BCUT2D eigenvalue weighted by Crippen LogP contribution is -1.98. The zero-order valence-corrected chi connectivity index (χ0v) is 13.0. The molecule has 0 aliphatic rings. The first-order valence-corrected chi connectivity index (χ1v) is 8.26. The van der Waals surface area contributed by atoms with Crippen molar-refractivity contribution in [2.75, 3.05) is 5.75 Å². The zero-order chi connectivity index (χ0) is 14.7. The molecule has 21 heavy (non-hydrogen) atoms. The fraction of sp³-hybridized carbons (Fsp3) is 0.0714. The first-order chi connectivity index (χ1) is 10.2. The van der Waals surface area contributed by atoms with Crippen LogP contribution in [0.15, 0.2) is 51.4 Å². The maximum atomic E-state index is 11.9. The van der Waals surface area contributed by atoms with E-state index in [1.165, 1.54) is 23.1 Å². The lowest BCUT2D eigenvalue weighted by Gasteiger charge is -1.97. The fourth-order valence-corrected chi connectivity index (χ4v) is 3.27. The maximum absolute atomic E-state index is 11.9. The highest BCUT2D eigenvalue weighted by molar-refractivity contribution is 7.99. The minimum Gasteiger partial charge on any atom is -0.411 e. The second-order valence-electron chi connectivity index (χ2n) is 4.04. The van der Waals surface area contributed by atoms with Crippen molar-refractivity contribution in [1.82, 2.24) is 10.2 Å². The van der Waals surface area contributed by atoms with Crippen LogP contribution < -0.4 is 0 Å². The van der Waals surface area contributed by atoms with Gasteiger partial charge in [0.1, 0.15) is 0 Å². The van der Waals surface area contributed by atoms with Crippen LogP contribution in [0.25, 0.3) is 11.5 Å². The molecule has 3 aromatic rings. The van der Waals surface area contributed by atoms with E-state index in [2.05, 4.69) is 10.2 Å². The Balaban J connectivity index is 1.69. The monoisotopic (exact) mass is 336 g/mol. The summed E-state index contributed by atoms with van der Waals surface area (Å²) < 4.78 is 5.53. The van der Waals surface area contributed by atoms with E-state index in [0.717, 1.165) is 4.88 Å². The van der Waals surface area contributed by atoms with Crippen molar-refractivity contribution in [2.24, 2.45) is 0 Å². The van der Waals surface area contributed by atoms with Crippen molar-refractivity contribution in [3.8, 4) is 11.5 Å². The number of carbonyl (C=O) groups excluding carboxylic acids is 1. The number of hydrogen-bond acceptors (Lipinski definition) is 6. The summed E-state index contributed by atoms with van der Waals surface area (Å²) >= 11 is 8.72. The van der Waals surface area contributed by atoms with E-state index in [1.807, 2.05) is 23.6 Å². The Labute approximate surface area is 134 Å². The molecule has 0 atom stereocenters. The summed E-state index contributed by atoms with van der Waals surface area (Å²) in [5.74, 6) is 0.671. The Morgan fingerprint density at radius 1 is 1.24 bits per heavy atom. The molecule has 2 heterocycles. The van der Waals surface area contributed by atoms with Gasteiger partial charge in [-0.25, -0.2) is 0 Å². The van der Waals surface area contributed by atoms with Gasteiger partial charge in [-0.3, -0.25) is 4.79 Å². The number of carbonyl (C=O) groups is 1. The van der Waals surface area contributed by atoms with Crippen LogP contribution in [-0.4, -0.2) is 21.7 Å². The zero-order valence-electron chi connectivity index (χ0n) is 10.7. The smallest absolute Gasteiger partial charge is 0.277 e. The highest BCUT2D eigenvalue weighted by Crippen LogP contribution is 2.29. The van der Waals surface area contributed by atoms with Gasteiger partial charge in [0.15, 0.2) is 5.78 Å². The molecule has 0 spiro atoms. The standard InChI is InChI=1S/C14H9ClN2O2S2/c15-10-5-2-1-4-9(10)13-16-17-14(19-13)21-8-11(18)12-6-3-7-20-12/h1-7H,8H2. The molecule has 0 saturated heterocycles. The molecule has 0 amide bonds. The van der Waals surface area contributed by atoms with Crippen LogP contribution in [0.5, 0.6) is 0 Å². The van der Waals surface area contributed by atoms with Gasteiger partial charge < -0.3 is 4.42 Å². The Morgan fingerprint density at radius 3 is 2.86 bits per heavy atom. The highest BCUT2D eigenvalue weighted by atomic mass is 35.5. The van der Waals surface area contributed by atoms with Gasteiger partial charge in [0, 0.05) is 0 Å². The van der Waals surface area contributed by atoms with Crippen LogP contribution in [0.2, 0.25) is 5.02 Å². The van der Waals surface area contributed by atoms with E-state index in [0.29, 0.717) is 21.7 Å². The highest BCUT2D eigenvalue weighted by Gasteiger charge is 2.14. The molecule has 0 fully saturated rings. The number of rotatable bonds is 5. The number of thioether (sulfide) groups is 1. The molecule has 3 rings (SSSR count). The first kappa shape index (κ1) is 14.3. The molecular weight excluding hydrogens is 328 g/mol. The predicted octanol–water partition coefficient (Wildman–Crippen LogP) is 4.43. The molecule has 0 saturated carbocycles. The van der Waals surface area contributed by atoms with Gasteiger partial charge in [-0.1, -0.05) is 41.6 Å². The Morgan fingerprint density at radius 2 is 2.10 bits per heavy atom. The van der Waals surface area contributed by atoms with E-state index in [1.54, 1.807) is 18.2 Å². The predicted molar refractivity (Wildman–Crippen MR) is 84.1 cm³/mol. The van der Waals surface area contributed by atoms with E-state index < -0.39 is 0 Å². The average Bonchev–Trinajstić information content (AvgIpc) is 3.17. The van der Waals surface area contributed by atoms with Crippen molar-refractivity contribution < 1.29 is 9.21 Å². The number of aromatic nitrogens is 2. The van der Waals surface area contributed by atoms with Crippen LogP contribution in [-0.2, 0) is 0 Å². The number of hydrogen-bond donors (Lipinski definition) is 0. The van der Waals surface area contributed by atoms with E-state index in [-0.39, 0.29) is 11.5 Å². The third kappa shape index (κ3) is 3.34. The molecule has 106 valence electrons. The van der Waals surface area contributed by atoms with Crippen LogP contribution in [0.1, 0.15) is 9.67 Å². The van der Waals surface area contributed by atoms with Gasteiger partial charge >= 0.3 is 0 Å². The molecule has 0 bridgehead atoms. The minimum absolute atomic E-state index is 0.0486. The summed E-state index contributed by atoms with van der Waals surface area (Å²) in [5, 5.41) is 10.7. The third-order valence-corrected chi connectivity index (χ3v) is 4.69. The molecule has 0 unspecified atom stereocenters. The average molecular weight is 337 g/mol. The summed E-state index contributed by atoms with van der Waals surface area (Å²) in [5.41, 5.74) is 0.683. The SMILES string of the molecule is O=C(CSc1nnc(-c2ccccc2Cl)o1)c1cccs1. The summed E-state index contributed by atoms with van der Waals surface area (Å²) in [7, 11) is 0. The quantitative estimate of drug-likeness (QED) is 0.509. The largest absolute Gasteiger partial charge is 0.411 e. The van der Waals surface area contributed by atoms with Crippen molar-refractivity contribution in [3.63, 3.8) is 0 Å². The van der Waals surface area contributed by atoms with Gasteiger partial charge in [0.05, 0.1) is 21.2 Å². The fourth-order valence-electron chi connectivity index (χ4n) is 1.65. The second kappa shape index (κ2) is 6.43. The Hall–Kier alpha value is -1.63. The van der Waals surface area contributed by atoms with Gasteiger partial charge in [-0.2, -0.15) is 0 Å². The molecule has 2 aromatic heterocycles. The summed E-state index contributed by atoms with van der Waals surface area (Å²) in [4.78, 5) is 12.6. The number of nitrogens with zero attached hydrogens (tertiary/aromatic N) is 2. The van der Waals surface area contributed by atoms with Crippen molar-refractivity contribution in [1.29, 1.82) is 0 Å². The lowest BCUT2D eigenvalue weighted by molar-refractivity contribution is 0.102. The maximum Gasteiger partial charge on any atom is 0.277 e. The second-order valence-corrected chi connectivity index (χ2v) is 6.32. The number of benzene rings is 1. The molecular formula is C14H9ClN2O2S2. The lowest BCUT2D eigenvalue weighted by atomic mass is 10.2. The van der Waals surface area contributed by atoms with Gasteiger partial charge in [0.25, 0.3) is 5.22 Å². The van der Waals surface area contributed by atoms with Crippen LogP contribution in [0.3, 0.4) is 0 Å². The van der Waals surface area contributed by atoms with Crippen molar-refractivity contribution in [3.05, 3.63) is 51.7 Å². The van der Waals surface area contributed by atoms with Crippen molar-refractivity contribution >= 4 is 40.5 Å². The van der Waals surface area contributed by atoms with E-state index in [4.69, 9.17) is 16.0 Å². The number of Topliss-reactive ketones (excluding diaryl/α,β-unsaturated/α-hetero) is 1. The normalized spacial score (nSPS) is 10.7. The number of thiophene rings is 1. The molecule has 4 nitrogen and oxygen atoms in total. The summed E-state index contributed by atoms with van der Waals surface area (Å²) in [6, 6.07) is 10.9. The molecule has 0 N–H and O–H groups in total. The summed E-state index contributed by atoms with van der Waals surface area (Å²) in [6.45, 7) is 0. The van der Waals surface area contributed by atoms with E-state index >= 15 is 0 Å². The van der Waals surface area contributed by atoms with Crippen molar-refractivity contribution in [2.45, 2.75) is 5.22 Å². The topological polar surface area (TPSA) is 56.0 Å². The van der Waals surface area contributed by atoms with Crippen LogP contribution in [0, 0.1) is 0 Å². The molecule has 0 aliphatic carbocycles. The number of ketones is 1. The van der Waals surface area contributed by atoms with Crippen LogP contribution >= 0.6 is 34.7 Å². The van der Waals surface area contributed by atoms with E-state index in [9.17, 15) is 4.79 Å². The molecule has 7 heteroatoms. The molecule has 1 aromatic carbocycles. The number of halogens is 1. The van der Waals surface area contributed by atoms with Gasteiger partial charge in [-0.15, -0.1) is 21.5 Å². The first-order valence-electron chi connectivity index (χ1n) is 6.02. The summed E-state index contributed by atoms with van der Waals surface area (Å²) in [6.07, 6.45) is 0. The Kier molecular flexibility index (Phi) is 4.38. The molecule has 0 aliphatic heterocycles. The Bertz CT molecular complexity index is 756.